The summed E-state index contributed by atoms with van der Waals surface area (Å²) in [4.78, 5) is 0. The smallest absolute Gasteiger partial charge is 0.186 e. The average Bonchev–Trinajstić information content (AvgIpc) is 2.27. The second kappa shape index (κ2) is 2.20. The van der Waals surface area contributed by atoms with E-state index in [2.05, 4.69) is 0 Å². The molecule has 0 saturated carbocycles. The van der Waals surface area contributed by atoms with Crippen molar-refractivity contribution in [2.24, 2.45) is 0 Å². The Hall–Kier alpha value is -0.160. The number of hydrogen-bond acceptors (Lipinski definition) is 4. The summed E-state index contributed by atoms with van der Waals surface area (Å²) < 4.78 is 16.1. The van der Waals surface area contributed by atoms with E-state index in [1.165, 1.54) is 0 Å². The maximum absolute atomic E-state index is 9.46. The zero-order valence-corrected chi connectivity index (χ0v) is 7.53. The highest BCUT2D eigenvalue weighted by Gasteiger charge is 2.59. The standard InChI is InChI=1S/C8H14O4/c1-7(2)11-5-4-10-6(9)8(5,3)12-7/h5-6,9H,4H2,1-3H3/t5-,6-,8-/m1/s1. The van der Waals surface area contributed by atoms with Gasteiger partial charge < -0.3 is 19.3 Å². The summed E-state index contributed by atoms with van der Waals surface area (Å²) in [7, 11) is 0. The van der Waals surface area contributed by atoms with Crippen LogP contribution in [0.3, 0.4) is 0 Å². The average molecular weight is 174 g/mol. The molecular weight excluding hydrogens is 160 g/mol. The number of aliphatic hydroxyl groups is 1. The molecule has 1 N–H and O–H groups in total. The summed E-state index contributed by atoms with van der Waals surface area (Å²) in [6.07, 6.45) is -1.02. The first-order chi connectivity index (χ1) is 5.44. The van der Waals surface area contributed by atoms with Gasteiger partial charge in [0.05, 0.1) is 6.61 Å². The molecular formula is C8H14O4. The van der Waals surface area contributed by atoms with Crippen LogP contribution in [0.25, 0.3) is 0 Å². The lowest BCUT2D eigenvalue weighted by Crippen LogP contribution is -2.42. The van der Waals surface area contributed by atoms with Gasteiger partial charge in [-0.25, -0.2) is 0 Å². The molecule has 0 radical (unpaired) electrons. The van der Waals surface area contributed by atoms with E-state index in [1.54, 1.807) is 0 Å². The molecule has 3 atom stereocenters. The molecule has 2 aliphatic heterocycles. The van der Waals surface area contributed by atoms with E-state index in [9.17, 15) is 5.11 Å². The minimum Gasteiger partial charge on any atom is -0.366 e. The third-order valence-electron chi connectivity index (χ3n) is 2.43. The van der Waals surface area contributed by atoms with Crippen molar-refractivity contribution in [3.63, 3.8) is 0 Å². The van der Waals surface area contributed by atoms with Crippen LogP contribution in [-0.2, 0) is 14.2 Å². The quantitative estimate of drug-likeness (QED) is 0.571. The van der Waals surface area contributed by atoms with Crippen LogP contribution in [0.5, 0.6) is 0 Å². The van der Waals surface area contributed by atoms with E-state index >= 15 is 0 Å². The minimum atomic E-state index is -0.871. The van der Waals surface area contributed by atoms with Crippen LogP contribution in [-0.4, -0.2) is 35.5 Å². The van der Waals surface area contributed by atoms with Gasteiger partial charge in [-0.1, -0.05) is 0 Å². The molecule has 70 valence electrons. The van der Waals surface area contributed by atoms with Gasteiger partial charge in [-0.2, -0.15) is 0 Å². The van der Waals surface area contributed by atoms with Crippen molar-refractivity contribution in [1.29, 1.82) is 0 Å². The Balaban J connectivity index is 2.23. The largest absolute Gasteiger partial charge is 0.366 e. The molecule has 0 spiro atoms. The van der Waals surface area contributed by atoms with Gasteiger partial charge in [-0.05, 0) is 20.8 Å². The maximum Gasteiger partial charge on any atom is 0.186 e. The van der Waals surface area contributed by atoms with Crippen LogP contribution < -0.4 is 0 Å². The zero-order valence-electron chi connectivity index (χ0n) is 7.53. The first-order valence-corrected chi connectivity index (χ1v) is 4.12. The second-order valence-corrected chi connectivity index (χ2v) is 3.98. The Kier molecular flexibility index (Phi) is 1.55. The number of ether oxygens (including phenoxy) is 3. The molecule has 0 bridgehead atoms. The third kappa shape index (κ3) is 0.992. The minimum absolute atomic E-state index is 0.150. The SMILES string of the molecule is CC1(C)O[C@@H]2CO[C@@H](O)[C@]2(C)O1. The molecule has 2 aliphatic rings. The Bertz CT molecular complexity index is 203. The highest BCUT2D eigenvalue weighted by molar-refractivity contribution is 4.99. The van der Waals surface area contributed by atoms with Crippen molar-refractivity contribution < 1.29 is 19.3 Å². The molecule has 2 heterocycles. The van der Waals surface area contributed by atoms with E-state index in [0.29, 0.717) is 6.61 Å². The summed E-state index contributed by atoms with van der Waals surface area (Å²) in [6.45, 7) is 5.89. The second-order valence-electron chi connectivity index (χ2n) is 3.98. The molecule has 0 aromatic heterocycles. The number of rotatable bonds is 0. The van der Waals surface area contributed by atoms with Crippen LogP contribution in [0.1, 0.15) is 20.8 Å². The number of aliphatic hydroxyl groups excluding tert-OH is 1. The lowest BCUT2D eigenvalue weighted by molar-refractivity contribution is -0.231. The van der Waals surface area contributed by atoms with Crippen LogP contribution in [0.15, 0.2) is 0 Å². The van der Waals surface area contributed by atoms with Crippen LogP contribution in [0.2, 0.25) is 0 Å². The monoisotopic (exact) mass is 174 g/mol. The van der Waals surface area contributed by atoms with Gasteiger partial charge in [-0.15, -0.1) is 0 Å². The first kappa shape index (κ1) is 8.44. The number of hydrogen-bond donors (Lipinski definition) is 1. The summed E-state index contributed by atoms with van der Waals surface area (Å²) in [5.74, 6) is -0.607. The molecule has 0 amide bonds. The first-order valence-electron chi connectivity index (χ1n) is 4.12. The van der Waals surface area contributed by atoms with Gasteiger partial charge in [0.1, 0.15) is 11.7 Å². The zero-order chi connectivity index (χ0) is 8.98. The fraction of sp³-hybridized carbons (Fsp3) is 1.00. The van der Waals surface area contributed by atoms with Crippen molar-refractivity contribution in [2.45, 2.75) is 44.6 Å². The third-order valence-corrected chi connectivity index (χ3v) is 2.43. The van der Waals surface area contributed by atoms with E-state index < -0.39 is 17.7 Å². The van der Waals surface area contributed by atoms with Gasteiger partial charge in [0.15, 0.2) is 12.1 Å². The van der Waals surface area contributed by atoms with Crippen molar-refractivity contribution >= 4 is 0 Å². The van der Waals surface area contributed by atoms with E-state index in [0.717, 1.165) is 0 Å². The Labute approximate surface area is 71.4 Å². The predicted molar refractivity (Wildman–Crippen MR) is 40.4 cm³/mol. The molecule has 0 aromatic rings. The van der Waals surface area contributed by atoms with Gasteiger partial charge in [0, 0.05) is 0 Å². The van der Waals surface area contributed by atoms with Gasteiger partial charge in [-0.3, -0.25) is 0 Å². The summed E-state index contributed by atoms with van der Waals surface area (Å²) in [5.41, 5.74) is -0.691. The summed E-state index contributed by atoms with van der Waals surface area (Å²) >= 11 is 0. The van der Waals surface area contributed by atoms with E-state index in [4.69, 9.17) is 14.2 Å². The van der Waals surface area contributed by atoms with E-state index in [-0.39, 0.29) is 6.10 Å². The fourth-order valence-corrected chi connectivity index (χ4v) is 1.83. The molecule has 4 nitrogen and oxygen atoms in total. The fourth-order valence-electron chi connectivity index (χ4n) is 1.83. The van der Waals surface area contributed by atoms with Gasteiger partial charge in [0.25, 0.3) is 0 Å². The Morgan fingerprint density at radius 2 is 2.00 bits per heavy atom. The van der Waals surface area contributed by atoms with Crippen LogP contribution in [0.4, 0.5) is 0 Å². The molecule has 12 heavy (non-hydrogen) atoms. The van der Waals surface area contributed by atoms with E-state index in [1.807, 2.05) is 20.8 Å². The molecule has 4 heteroatoms. The Morgan fingerprint density at radius 3 is 2.58 bits per heavy atom. The van der Waals surface area contributed by atoms with Crippen molar-refractivity contribution in [3.05, 3.63) is 0 Å². The lowest BCUT2D eigenvalue weighted by atomic mass is 10.0. The van der Waals surface area contributed by atoms with Crippen LogP contribution in [0, 0.1) is 0 Å². The number of fused-ring (bicyclic) bond motifs is 1. The van der Waals surface area contributed by atoms with Crippen molar-refractivity contribution in [1.82, 2.24) is 0 Å². The molecule has 0 unspecified atom stereocenters. The molecule has 0 aliphatic carbocycles. The highest BCUT2D eigenvalue weighted by atomic mass is 16.8. The lowest BCUT2D eigenvalue weighted by Gasteiger charge is -2.25. The molecule has 2 saturated heterocycles. The Morgan fingerprint density at radius 1 is 1.33 bits per heavy atom. The normalized spacial score (nSPS) is 51.0. The molecule has 0 aromatic carbocycles. The van der Waals surface area contributed by atoms with Gasteiger partial charge in [0.2, 0.25) is 0 Å². The molecule has 2 fully saturated rings. The van der Waals surface area contributed by atoms with Crippen LogP contribution >= 0.6 is 0 Å². The molecule has 2 rings (SSSR count). The summed E-state index contributed by atoms with van der Waals surface area (Å²) in [5, 5.41) is 9.46. The van der Waals surface area contributed by atoms with Crippen molar-refractivity contribution in [3.8, 4) is 0 Å². The van der Waals surface area contributed by atoms with Gasteiger partial charge >= 0.3 is 0 Å². The predicted octanol–water partition coefficient (Wildman–Crippen LogP) is 0.245. The topological polar surface area (TPSA) is 47.9 Å². The highest BCUT2D eigenvalue weighted by Crippen LogP contribution is 2.42. The van der Waals surface area contributed by atoms with Crippen molar-refractivity contribution in [2.75, 3.05) is 6.61 Å². The summed E-state index contributed by atoms with van der Waals surface area (Å²) in [6, 6.07) is 0. The maximum atomic E-state index is 9.46.